The molecule has 13 heavy (non-hydrogen) atoms. The number of hydrogen-bond acceptors (Lipinski definition) is 0. The van der Waals surface area contributed by atoms with Gasteiger partial charge in [0.05, 0.1) is 7.85 Å². The molecule has 74 valence electrons. The van der Waals surface area contributed by atoms with Gasteiger partial charge in [0.15, 0.2) is 0 Å². The number of allylic oxidation sites excluding steroid dienone is 2. The van der Waals surface area contributed by atoms with Crippen molar-refractivity contribution in [2.75, 3.05) is 5.88 Å². The van der Waals surface area contributed by atoms with E-state index in [2.05, 4.69) is 13.8 Å². The molecule has 0 aliphatic rings. The molecule has 2 radical (unpaired) electrons. The van der Waals surface area contributed by atoms with E-state index in [1.165, 1.54) is 24.8 Å². The molecule has 0 aliphatic carbocycles. The van der Waals surface area contributed by atoms with Gasteiger partial charge in [0.2, 0.25) is 0 Å². The number of halogens is 1. The molecule has 0 aliphatic heterocycles. The molecule has 0 aromatic heterocycles. The van der Waals surface area contributed by atoms with E-state index >= 15 is 0 Å². The normalized spacial score (nSPS) is 10.1. The summed E-state index contributed by atoms with van der Waals surface area (Å²) < 4.78 is 0. The van der Waals surface area contributed by atoms with Gasteiger partial charge in [-0.25, -0.2) is 0 Å². The summed E-state index contributed by atoms with van der Waals surface area (Å²) >= 11 is 5.63. The second kappa shape index (κ2) is 8.68. The van der Waals surface area contributed by atoms with Crippen molar-refractivity contribution in [3.63, 3.8) is 0 Å². The van der Waals surface area contributed by atoms with Crippen molar-refractivity contribution in [1.29, 1.82) is 0 Å². The standard InChI is InChI=1S/C11H20BCl/c1-10(2)11(7-5-8-12)6-3-4-9-13/h3-9H2,1-2H3. The first-order valence-corrected chi connectivity index (χ1v) is 5.67. The molecule has 0 amide bonds. The van der Waals surface area contributed by atoms with Crippen LogP contribution in [-0.4, -0.2) is 13.7 Å². The second-order valence-corrected chi connectivity index (χ2v) is 4.02. The smallest absolute Gasteiger partial charge is 0.0653 e. The van der Waals surface area contributed by atoms with E-state index < -0.39 is 0 Å². The highest BCUT2D eigenvalue weighted by atomic mass is 35.5. The third-order valence-corrected chi connectivity index (χ3v) is 2.52. The van der Waals surface area contributed by atoms with Crippen LogP contribution in [0.3, 0.4) is 0 Å². The summed E-state index contributed by atoms with van der Waals surface area (Å²) in [4.78, 5) is 0. The Morgan fingerprint density at radius 1 is 1.08 bits per heavy atom. The van der Waals surface area contributed by atoms with Crippen LogP contribution < -0.4 is 0 Å². The molecule has 0 unspecified atom stereocenters. The van der Waals surface area contributed by atoms with Crippen LogP contribution in [0.15, 0.2) is 11.1 Å². The molecule has 0 heterocycles. The zero-order valence-electron chi connectivity index (χ0n) is 8.91. The average molecular weight is 199 g/mol. The Balaban J connectivity index is 3.76. The molecule has 0 rings (SSSR count). The first kappa shape index (κ1) is 13.1. The van der Waals surface area contributed by atoms with Gasteiger partial charge in [0.1, 0.15) is 0 Å². The molecule has 0 fully saturated rings. The lowest BCUT2D eigenvalue weighted by atomic mass is 9.93. The first-order valence-electron chi connectivity index (χ1n) is 5.13. The molecule has 0 aromatic rings. The van der Waals surface area contributed by atoms with Crippen LogP contribution in [0.5, 0.6) is 0 Å². The molecule has 0 atom stereocenters. The van der Waals surface area contributed by atoms with Crippen LogP contribution in [0, 0.1) is 0 Å². The van der Waals surface area contributed by atoms with Crippen LogP contribution in [0.2, 0.25) is 6.32 Å². The molecule has 0 saturated heterocycles. The van der Waals surface area contributed by atoms with Gasteiger partial charge < -0.3 is 0 Å². The SMILES string of the molecule is [B]CCCC(CCCCCl)=C(C)C. The van der Waals surface area contributed by atoms with Crippen molar-refractivity contribution >= 4 is 19.4 Å². The number of hydrogen-bond donors (Lipinski definition) is 0. The summed E-state index contributed by atoms with van der Waals surface area (Å²) in [6.07, 6.45) is 6.62. The summed E-state index contributed by atoms with van der Waals surface area (Å²) in [6.45, 7) is 4.37. The lowest BCUT2D eigenvalue weighted by Crippen LogP contribution is -1.89. The van der Waals surface area contributed by atoms with E-state index in [-0.39, 0.29) is 0 Å². The van der Waals surface area contributed by atoms with Crippen LogP contribution in [0.25, 0.3) is 0 Å². The molecule has 0 bridgehead atoms. The van der Waals surface area contributed by atoms with E-state index in [1.54, 1.807) is 5.57 Å². The van der Waals surface area contributed by atoms with E-state index in [0.29, 0.717) is 0 Å². The van der Waals surface area contributed by atoms with Gasteiger partial charge in [-0.1, -0.05) is 23.9 Å². The maximum atomic E-state index is 5.63. The maximum absolute atomic E-state index is 5.63. The van der Waals surface area contributed by atoms with E-state index in [1.807, 2.05) is 0 Å². The van der Waals surface area contributed by atoms with Crippen molar-refractivity contribution in [3.05, 3.63) is 11.1 Å². The lowest BCUT2D eigenvalue weighted by Gasteiger charge is -2.08. The first-order chi connectivity index (χ1) is 6.22. The lowest BCUT2D eigenvalue weighted by molar-refractivity contribution is 0.736. The number of rotatable bonds is 7. The molecular weight excluding hydrogens is 178 g/mol. The van der Waals surface area contributed by atoms with Crippen molar-refractivity contribution in [2.45, 2.75) is 52.3 Å². The third kappa shape index (κ3) is 7.19. The Hall–Kier alpha value is 0.0949. The van der Waals surface area contributed by atoms with Crippen molar-refractivity contribution in [1.82, 2.24) is 0 Å². The quantitative estimate of drug-likeness (QED) is 0.250. The summed E-state index contributed by atoms with van der Waals surface area (Å²) in [7, 11) is 5.49. The molecule has 0 saturated carbocycles. The van der Waals surface area contributed by atoms with Crippen LogP contribution in [0.1, 0.15) is 46.0 Å². The number of alkyl halides is 1. The van der Waals surface area contributed by atoms with Gasteiger partial charge in [-0.2, -0.15) is 0 Å². The number of unbranched alkanes of at least 4 members (excludes halogenated alkanes) is 1. The predicted molar refractivity (Wildman–Crippen MR) is 62.7 cm³/mol. The molecule has 0 spiro atoms. The molecular formula is C11H20BCl. The monoisotopic (exact) mass is 198 g/mol. The van der Waals surface area contributed by atoms with Gasteiger partial charge in [-0.15, -0.1) is 11.6 Å². The fourth-order valence-electron chi connectivity index (χ4n) is 1.37. The van der Waals surface area contributed by atoms with E-state index in [4.69, 9.17) is 19.4 Å². The fourth-order valence-corrected chi connectivity index (χ4v) is 1.56. The second-order valence-electron chi connectivity index (χ2n) is 3.64. The van der Waals surface area contributed by atoms with Gasteiger partial charge in [0, 0.05) is 5.88 Å². The highest BCUT2D eigenvalue weighted by Crippen LogP contribution is 2.18. The highest BCUT2D eigenvalue weighted by molar-refractivity contribution is 6.17. The Kier molecular flexibility index (Phi) is 8.75. The van der Waals surface area contributed by atoms with Crippen LogP contribution >= 0.6 is 11.6 Å². The van der Waals surface area contributed by atoms with Crippen LogP contribution in [0.4, 0.5) is 0 Å². The minimum atomic E-state index is 0.785. The maximum Gasteiger partial charge on any atom is 0.0653 e. The largest absolute Gasteiger partial charge is 0.127 e. The van der Waals surface area contributed by atoms with Crippen LogP contribution in [-0.2, 0) is 0 Å². The molecule has 0 aromatic carbocycles. The van der Waals surface area contributed by atoms with Crippen molar-refractivity contribution in [3.8, 4) is 0 Å². The van der Waals surface area contributed by atoms with E-state index in [9.17, 15) is 0 Å². The third-order valence-electron chi connectivity index (χ3n) is 2.25. The Morgan fingerprint density at radius 3 is 2.15 bits per heavy atom. The Bertz CT molecular complexity index is 148. The predicted octanol–water partition coefficient (Wildman–Crippen LogP) is 4.10. The summed E-state index contributed by atoms with van der Waals surface area (Å²) in [5.41, 5.74) is 3.04. The summed E-state index contributed by atoms with van der Waals surface area (Å²) in [6, 6.07) is 0. The summed E-state index contributed by atoms with van der Waals surface area (Å²) in [5.74, 6) is 0.785. The average Bonchev–Trinajstić information content (AvgIpc) is 2.10. The Labute approximate surface area is 89.2 Å². The van der Waals surface area contributed by atoms with Gasteiger partial charge in [-0.3, -0.25) is 0 Å². The van der Waals surface area contributed by atoms with Gasteiger partial charge >= 0.3 is 0 Å². The molecule has 2 heteroatoms. The molecule has 0 N–H and O–H groups in total. The van der Waals surface area contributed by atoms with Gasteiger partial charge in [0.25, 0.3) is 0 Å². The molecule has 0 nitrogen and oxygen atoms in total. The zero-order chi connectivity index (χ0) is 10.1. The van der Waals surface area contributed by atoms with Crippen molar-refractivity contribution < 1.29 is 0 Å². The minimum Gasteiger partial charge on any atom is -0.127 e. The van der Waals surface area contributed by atoms with Gasteiger partial charge in [-0.05, 0) is 39.5 Å². The topological polar surface area (TPSA) is 0 Å². The Morgan fingerprint density at radius 2 is 1.69 bits per heavy atom. The van der Waals surface area contributed by atoms with Crippen molar-refractivity contribution in [2.24, 2.45) is 0 Å². The highest BCUT2D eigenvalue weighted by Gasteiger charge is 1.99. The minimum absolute atomic E-state index is 0.785. The van der Waals surface area contributed by atoms with E-state index in [0.717, 1.165) is 25.0 Å². The fraction of sp³-hybridized carbons (Fsp3) is 0.818. The zero-order valence-corrected chi connectivity index (χ0v) is 9.66. The summed E-state index contributed by atoms with van der Waals surface area (Å²) in [5, 5.41) is 0.